The fraction of sp³-hybridized carbons (Fsp3) is 0.200. The van der Waals surface area contributed by atoms with Crippen molar-refractivity contribution in [3.8, 4) is 17.2 Å². The topological polar surface area (TPSA) is 109 Å². The Balaban J connectivity index is 1.72. The number of nitro groups is 1. The van der Waals surface area contributed by atoms with Crippen molar-refractivity contribution in [3.63, 3.8) is 0 Å². The van der Waals surface area contributed by atoms with E-state index in [9.17, 15) is 14.9 Å². The lowest BCUT2D eigenvalue weighted by molar-refractivity contribution is -0.384. The summed E-state index contributed by atoms with van der Waals surface area (Å²) in [6.07, 6.45) is 1.91. The van der Waals surface area contributed by atoms with E-state index in [1.54, 1.807) is 42.3 Å². The maximum absolute atomic E-state index is 12.3. The molecule has 0 aliphatic rings. The molecule has 0 aliphatic heterocycles. The first kappa shape index (κ1) is 21.6. The van der Waals surface area contributed by atoms with Gasteiger partial charge in [-0.2, -0.15) is 5.10 Å². The summed E-state index contributed by atoms with van der Waals surface area (Å²) in [6.45, 7) is 2.33. The molecule has 0 aliphatic carbocycles. The third-order valence-corrected chi connectivity index (χ3v) is 5.33. The molecule has 10 heteroatoms. The number of anilines is 1. The third-order valence-electron chi connectivity index (χ3n) is 4.27. The van der Waals surface area contributed by atoms with E-state index in [4.69, 9.17) is 9.47 Å². The Labute approximate surface area is 186 Å². The van der Waals surface area contributed by atoms with Gasteiger partial charge in [0.1, 0.15) is 17.2 Å². The molecular formula is C20H19IN4O5. The van der Waals surface area contributed by atoms with E-state index in [1.165, 1.54) is 18.2 Å². The van der Waals surface area contributed by atoms with Gasteiger partial charge in [-0.15, -0.1) is 0 Å². The number of nitro benzene ring substituents is 1. The van der Waals surface area contributed by atoms with E-state index in [0.29, 0.717) is 18.0 Å². The summed E-state index contributed by atoms with van der Waals surface area (Å²) in [7, 11) is 1.56. The normalized spacial score (nSPS) is 10.5. The molecule has 0 bridgehead atoms. The van der Waals surface area contributed by atoms with Crippen LogP contribution >= 0.6 is 22.6 Å². The number of non-ortho nitro benzene ring substituents is 1. The van der Waals surface area contributed by atoms with Crippen LogP contribution in [0.5, 0.6) is 17.2 Å². The standard InChI is InChI=1S/C20H19IN4O5/c1-13-19(21)12-22-24(13)8-7-20(26)23-14-9-15(25(27)28)11-18(10-14)30-17-5-3-16(29-2)4-6-17/h3-6,9-12H,7-8H2,1-2H3,(H,23,26). The highest BCUT2D eigenvalue weighted by molar-refractivity contribution is 14.1. The number of methoxy groups -OCH3 is 1. The summed E-state index contributed by atoms with van der Waals surface area (Å²) in [5, 5.41) is 18.2. The molecule has 0 atom stereocenters. The Morgan fingerprint density at radius 1 is 1.20 bits per heavy atom. The second-order valence-electron chi connectivity index (χ2n) is 6.35. The number of nitrogens with zero attached hydrogens (tertiary/aromatic N) is 3. The Hall–Kier alpha value is -3.15. The van der Waals surface area contributed by atoms with Crippen molar-refractivity contribution < 1.29 is 19.2 Å². The first-order valence-corrected chi connectivity index (χ1v) is 10.0. The highest BCUT2D eigenvalue weighted by Gasteiger charge is 2.14. The van der Waals surface area contributed by atoms with Crippen LogP contribution in [-0.4, -0.2) is 27.7 Å². The van der Waals surface area contributed by atoms with Crippen LogP contribution in [-0.2, 0) is 11.3 Å². The summed E-state index contributed by atoms with van der Waals surface area (Å²) < 4.78 is 13.6. The van der Waals surface area contributed by atoms with Crippen molar-refractivity contribution in [1.29, 1.82) is 0 Å². The number of nitrogens with one attached hydrogen (secondary N) is 1. The van der Waals surface area contributed by atoms with Gasteiger partial charge in [-0.3, -0.25) is 19.6 Å². The van der Waals surface area contributed by atoms with Gasteiger partial charge in [0, 0.05) is 24.2 Å². The molecule has 0 unspecified atom stereocenters. The van der Waals surface area contributed by atoms with E-state index in [2.05, 4.69) is 33.0 Å². The molecule has 0 saturated carbocycles. The van der Waals surface area contributed by atoms with Crippen LogP contribution in [0.4, 0.5) is 11.4 Å². The Morgan fingerprint density at radius 3 is 2.50 bits per heavy atom. The van der Waals surface area contributed by atoms with Crippen LogP contribution in [0.1, 0.15) is 12.1 Å². The smallest absolute Gasteiger partial charge is 0.275 e. The number of aromatic nitrogens is 2. The zero-order chi connectivity index (χ0) is 21.7. The highest BCUT2D eigenvalue weighted by atomic mass is 127. The van der Waals surface area contributed by atoms with E-state index in [1.807, 2.05) is 6.92 Å². The predicted octanol–water partition coefficient (Wildman–Crippen LogP) is 4.53. The molecule has 1 amide bonds. The number of benzene rings is 2. The van der Waals surface area contributed by atoms with Crippen LogP contribution in [0.15, 0.2) is 48.7 Å². The lowest BCUT2D eigenvalue weighted by atomic mass is 10.2. The summed E-state index contributed by atoms with van der Waals surface area (Å²) >= 11 is 2.18. The van der Waals surface area contributed by atoms with Crippen molar-refractivity contribution in [2.45, 2.75) is 19.9 Å². The number of carbonyl (C=O) groups is 1. The molecule has 156 valence electrons. The first-order chi connectivity index (χ1) is 14.4. The average Bonchev–Trinajstić information content (AvgIpc) is 3.04. The number of amides is 1. The zero-order valence-electron chi connectivity index (χ0n) is 16.3. The van der Waals surface area contributed by atoms with Gasteiger partial charge in [0.25, 0.3) is 5.69 Å². The molecule has 3 aromatic rings. The summed E-state index contributed by atoms with van der Waals surface area (Å²) in [4.78, 5) is 23.1. The van der Waals surface area contributed by atoms with Gasteiger partial charge in [0.2, 0.25) is 5.91 Å². The third kappa shape index (κ3) is 5.47. The van der Waals surface area contributed by atoms with Crippen LogP contribution < -0.4 is 14.8 Å². The monoisotopic (exact) mass is 522 g/mol. The minimum absolute atomic E-state index is 0.177. The number of halogens is 1. The van der Waals surface area contributed by atoms with Gasteiger partial charge < -0.3 is 14.8 Å². The zero-order valence-corrected chi connectivity index (χ0v) is 18.5. The molecule has 0 fully saturated rings. The predicted molar refractivity (Wildman–Crippen MR) is 119 cm³/mol. The van der Waals surface area contributed by atoms with Crippen LogP contribution in [0, 0.1) is 20.6 Å². The lowest BCUT2D eigenvalue weighted by Crippen LogP contribution is -2.15. The number of hydrogen-bond donors (Lipinski definition) is 1. The fourth-order valence-corrected chi connectivity index (χ4v) is 3.08. The van der Waals surface area contributed by atoms with E-state index < -0.39 is 4.92 Å². The van der Waals surface area contributed by atoms with Crippen molar-refractivity contribution in [1.82, 2.24) is 9.78 Å². The summed E-state index contributed by atoms with van der Waals surface area (Å²) in [5.74, 6) is 1.10. The minimum Gasteiger partial charge on any atom is -0.497 e. The van der Waals surface area contributed by atoms with Gasteiger partial charge in [0.15, 0.2) is 0 Å². The molecule has 30 heavy (non-hydrogen) atoms. The fourth-order valence-electron chi connectivity index (χ4n) is 2.68. The second kappa shape index (κ2) is 9.57. The quantitative estimate of drug-likeness (QED) is 0.265. The molecule has 1 heterocycles. The van der Waals surface area contributed by atoms with Crippen molar-refractivity contribution >= 4 is 39.9 Å². The van der Waals surface area contributed by atoms with Crippen LogP contribution in [0.25, 0.3) is 0 Å². The maximum Gasteiger partial charge on any atom is 0.275 e. The number of carbonyl (C=O) groups excluding carboxylic acids is 1. The first-order valence-electron chi connectivity index (χ1n) is 8.95. The highest BCUT2D eigenvalue weighted by Crippen LogP contribution is 2.30. The Morgan fingerprint density at radius 2 is 1.90 bits per heavy atom. The minimum atomic E-state index is -0.536. The number of ether oxygens (including phenoxy) is 2. The van der Waals surface area contributed by atoms with Crippen LogP contribution in [0.2, 0.25) is 0 Å². The number of rotatable bonds is 8. The molecule has 2 aromatic carbocycles. The summed E-state index contributed by atoms with van der Waals surface area (Å²) in [6, 6.07) is 10.9. The molecule has 0 radical (unpaired) electrons. The van der Waals surface area contributed by atoms with Crippen molar-refractivity contribution in [3.05, 3.63) is 68.0 Å². The number of hydrogen-bond acceptors (Lipinski definition) is 6. The molecule has 1 aromatic heterocycles. The molecule has 1 N–H and O–H groups in total. The van der Waals surface area contributed by atoms with Crippen molar-refractivity contribution in [2.24, 2.45) is 0 Å². The van der Waals surface area contributed by atoms with Gasteiger partial charge in [-0.1, -0.05) is 0 Å². The molecular weight excluding hydrogens is 503 g/mol. The molecule has 9 nitrogen and oxygen atoms in total. The number of aryl methyl sites for hydroxylation is 1. The van der Waals surface area contributed by atoms with Gasteiger partial charge in [0.05, 0.1) is 40.1 Å². The lowest BCUT2D eigenvalue weighted by Gasteiger charge is -2.10. The summed E-state index contributed by atoms with van der Waals surface area (Å²) in [5.41, 5.74) is 1.08. The second-order valence-corrected chi connectivity index (χ2v) is 7.51. The van der Waals surface area contributed by atoms with E-state index in [0.717, 1.165) is 9.26 Å². The Kier molecular flexibility index (Phi) is 6.87. The van der Waals surface area contributed by atoms with Gasteiger partial charge >= 0.3 is 0 Å². The average molecular weight is 522 g/mol. The van der Waals surface area contributed by atoms with Gasteiger partial charge in [-0.25, -0.2) is 0 Å². The molecule has 0 spiro atoms. The van der Waals surface area contributed by atoms with Crippen molar-refractivity contribution in [2.75, 3.05) is 12.4 Å². The van der Waals surface area contributed by atoms with E-state index >= 15 is 0 Å². The SMILES string of the molecule is COc1ccc(Oc2cc(NC(=O)CCn3ncc(I)c3C)cc([N+](=O)[O-])c2)cc1. The largest absolute Gasteiger partial charge is 0.497 e. The van der Waals surface area contributed by atoms with Crippen LogP contribution in [0.3, 0.4) is 0 Å². The maximum atomic E-state index is 12.3. The molecule has 3 rings (SSSR count). The Bertz CT molecular complexity index is 1070. The van der Waals surface area contributed by atoms with E-state index in [-0.39, 0.29) is 29.5 Å². The van der Waals surface area contributed by atoms with Gasteiger partial charge in [-0.05, 0) is 53.8 Å². The molecule has 0 saturated heterocycles.